The van der Waals surface area contributed by atoms with E-state index < -0.39 is 9.84 Å². The van der Waals surface area contributed by atoms with Crippen LogP contribution in [0.4, 0.5) is 0 Å². The second-order valence-electron chi connectivity index (χ2n) is 3.37. The molecule has 90 valence electrons. The molecule has 0 unspecified atom stereocenters. The summed E-state index contributed by atoms with van der Waals surface area (Å²) in [4.78, 5) is 0. The highest BCUT2D eigenvalue weighted by Crippen LogP contribution is 2.24. The van der Waals surface area contributed by atoms with Gasteiger partial charge in [0.2, 0.25) is 0 Å². The Hall–Kier alpha value is -0.0700. The third-order valence-corrected chi connectivity index (χ3v) is 4.17. The number of benzene rings is 1. The van der Waals surface area contributed by atoms with Gasteiger partial charge in [-0.1, -0.05) is 31.9 Å². The van der Waals surface area contributed by atoms with Gasteiger partial charge in [0.1, 0.15) is 12.4 Å². The van der Waals surface area contributed by atoms with Gasteiger partial charge in [0.25, 0.3) is 0 Å². The van der Waals surface area contributed by atoms with Gasteiger partial charge >= 0.3 is 0 Å². The van der Waals surface area contributed by atoms with E-state index in [9.17, 15) is 8.42 Å². The Bertz CT molecular complexity index is 457. The van der Waals surface area contributed by atoms with Crippen molar-refractivity contribution in [2.24, 2.45) is 0 Å². The average Bonchev–Trinajstić information content (AvgIpc) is 2.18. The highest BCUT2D eigenvalue weighted by atomic mass is 79.9. The molecule has 0 spiro atoms. The van der Waals surface area contributed by atoms with E-state index in [1.165, 1.54) is 6.26 Å². The summed E-state index contributed by atoms with van der Waals surface area (Å²) in [5, 5.41) is 0.719. The molecule has 0 heterocycles. The summed E-state index contributed by atoms with van der Waals surface area (Å²) in [5.74, 6) is 0.716. The largest absolute Gasteiger partial charge is 0.493 e. The Labute approximate surface area is 112 Å². The zero-order chi connectivity index (χ0) is 12.2. The maximum absolute atomic E-state index is 10.9. The summed E-state index contributed by atoms with van der Waals surface area (Å²) in [6.45, 7) is 0.183. The SMILES string of the molecule is CS(=O)(=O)CCOc1ccc(Br)c(CBr)c1. The molecule has 6 heteroatoms. The number of alkyl halides is 1. The van der Waals surface area contributed by atoms with Crippen LogP contribution >= 0.6 is 31.9 Å². The molecular formula is C10H12Br2O3S. The van der Waals surface area contributed by atoms with E-state index in [-0.39, 0.29) is 12.4 Å². The molecule has 0 aliphatic carbocycles. The van der Waals surface area contributed by atoms with Gasteiger partial charge in [0.15, 0.2) is 9.84 Å². The van der Waals surface area contributed by atoms with E-state index in [1.54, 1.807) is 6.07 Å². The number of hydrogen-bond donors (Lipinski definition) is 0. The quantitative estimate of drug-likeness (QED) is 0.747. The molecule has 1 aromatic carbocycles. The van der Waals surface area contributed by atoms with Crippen LogP contribution in [-0.2, 0) is 15.2 Å². The molecule has 3 nitrogen and oxygen atoms in total. The van der Waals surface area contributed by atoms with Crippen LogP contribution in [0.1, 0.15) is 5.56 Å². The summed E-state index contributed by atoms with van der Waals surface area (Å²) in [5.41, 5.74) is 1.07. The van der Waals surface area contributed by atoms with Crippen LogP contribution in [0.2, 0.25) is 0 Å². The molecule has 0 amide bonds. The van der Waals surface area contributed by atoms with Crippen molar-refractivity contribution in [2.45, 2.75) is 5.33 Å². The van der Waals surface area contributed by atoms with Gasteiger partial charge in [0, 0.05) is 16.1 Å². The first-order valence-electron chi connectivity index (χ1n) is 4.57. The minimum Gasteiger partial charge on any atom is -0.493 e. The normalized spacial score (nSPS) is 11.4. The molecule has 0 saturated heterocycles. The van der Waals surface area contributed by atoms with Crippen molar-refractivity contribution in [1.29, 1.82) is 0 Å². The molecule has 0 radical (unpaired) electrons. The highest BCUT2D eigenvalue weighted by Gasteiger charge is 2.04. The smallest absolute Gasteiger partial charge is 0.150 e. The first kappa shape index (κ1) is 14.0. The third-order valence-electron chi connectivity index (χ3n) is 1.88. The molecule has 0 aromatic heterocycles. The van der Waals surface area contributed by atoms with Crippen molar-refractivity contribution in [1.82, 2.24) is 0 Å². The number of ether oxygens (including phenoxy) is 1. The first-order chi connectivity index (χ1) is 7.42. The summed E-state index contributed by atoms with van der Waals surface area (Å²) in [6, 6.07) is 5.56. The molecular weight excluding hydrogens is 360 g/mol. The molecule has 0 aliphatic rings. The fourth-order valence-corrected chi connectivity index (χ4v) is 2.67. The van der Waals surface area contributed by atoms with Gasteiger partial charge in [-0.3, -0.25) is 0 Å². The lowest BCUT2D eigenvalue weighted by atomic mass is 10.2. The van der Waals surface area contributed by atoms with E-state index in [1.807, 2.05) is 12.1 Å². The Balaban J connectivity index is 2.61. The second kappa shape index (κ2) is 6.02. The van der Waals surface area contributed by atoms with Crippen molar-refractivity contribution in [2.75, 3.05) is 18.6 Å². The standard InChI is InChI=1S/C10H12Br2O3S/c1-16(13,14)5-4-15-9-2-3-10(12)8(6-9)7-11/h2-3,6H,4-5,7H2,1H3. The van der Waals surface area contributed by atoms with Crippen LogP contribution in [0.5, 0.6) is 5.75 Å². The number of sulfone groups is 1. The maximum atomic E-state index is 10.9. The van der Waals surface area contributed by atoms with Gasteiger partial charge < -0.3 is 4.74 Å². The minimum absolute atomic E-state index is 0.0344. The fourth-order valence-electron chi connectivity index (χ4n) is 1.05. The van der Waals surface area contributed by atoms with Crippen molar-refractivity contribution < 1.29 is 13.2 Å². The van der Waals surface area contributed by atoms with Gasteiger partial charge in [-0.05, 0) is 23.8 Å². The zero-order valence-corrected chi connectivity index (χ0v) is 12.7. The monoisotopic (exact) mass is 370 g/mol. The van der Waals surface area contributed by atoms with Gasteiger partial charge in [-0.2, -0.15) is 0 Å². The Morgan fingerprint density at radius 2 is 2.06 bits per heavy atom. The molecule has 0 atom stereocenters. The predicted molar refractivity (Wildman–Crippen MR) is 72.0 cm³/mol. The summed E-state index contributed by atoms with van der Waals surface area (Å²) < 4.78 is 28.2. The van der Waals surface area contributed by atoms with E-state index >= 15 is 0 Å². The van der Waals surface area contributed by atoms with E-state index in [2.05, 4.69) is 31.9 Å². The van der Waals surface area contributed by atoms with Crippen LogP contribution < -0.4 is 4.74 Å². The van der Waals surface area contributed by atoms with Crippen LogP contribution in [0, 0.1) is 0 Å². The Kier molecular flexibility index (Phi) is 5.27. The summed E-state index contributed by atoms with van der Waals surface area (Å²) >= 11 is 6.77. The lowest BCUT2D eigenvalue weighted by Crippen LogP contribution is -2.12. The van der Waals surface area contributed by atoms with Gasteiger partial charge in [0.05, 0.1) is 5.75 Å². The van der Waals surface area contributed by atoms with Crippen molar-refractivity contribution >= 4 is 41.7 Å². The van der Waals surface area contributed by atoms with E-state index in [0.29, 0.717) is 5.75 Å². The van der Waals surface area contributed by atoms with Crippen LogP contribution in [0.15, 0.2) is 22.7 Å². The third kappa shape index (κ3) is 4.84. The second-order valence-corrected chi connectivity index (χ2v) is 7.04. The Morgan fingerprint density at radius 1 is 1.38 bits per heavy atom. The highest BCUT2D eigenvalue weighted by molar-refractivity contribution is 9.10. The molecule has 16 heavy (non-hydrogen) atoms. The summed E-state index contributed by atoms with van der Waals surface area (Å²) in [7, 11) is -2.96. The molecule has 0 N–H and O–H groups in total. The zero-order valence-electron chi connectivity index (χ0n) is 8.74. The first-order valence-corrected chi connectivity index (χ1v) is 8.55. The van der Waals surface area contributed by atoms with E-state index in [4.69, 9.17) is 4.74 Å². The molecule has 1 aromatic rings. The minimum atomic E-state index is -2.96. The molecule has 0 saturated carbocycles. The van der Waals surface area contributed by atoms with Crippen LogP contribution in [0.25, 0.3) is 0 Å². The molecule has 0 fully saturated rings. The van der Waals surface area contributed by atoms with Crippen molar-refractivity contribution in [3.05, 3.63) is 28.2 Å². The average molecular weight is 372 g/mol. The van der Waals surface area contributed by atoms with Crippen LogP contribution in [0.3, 0.4) is 0 Å². The maximum Gasteiger partial charge on any atom is 0.150 e. The molecule has 0 bridgehead atoms. The molecule has 0 aliphatic heterocycles. The topological polar surface area (TPSA) is 43.4 Å². The fraction of sp³-hybridized carbons (Fsp3) is 0.400. The Morgan fingerprint density at radius 3 is 2.62 bits per heavy atom. The lowest BCUT2D eigenvalue weighted by molar-refractivity contribution is 0.341. The summed E-state index contributed by atoms with van der Waals surface area (Å²) in [6.07, 6.45) is 1.20. The number of halogens is 2. The van der Waals surface area contributed by atoms with Gasteiger partial charge in [-0.15, -0.1) is 0 Å². The van der Waals surface area contributed by atoms with Gasteiger partial charge in [-0.25, -0.2) is 8.42 Å². The molecule has 1 rings (SSSR count). The van der Waals surface area contributed by atoms with Crippen LogP contribution in [-0.4, -0.2) is 27.0 Å². The lowest BCUT2D eigenvalue weighted by Gasteiger charge is -2.07. The number of rotatable bonds is 5. The van der Waals surface area contributed by atoms with Crippen molar-refractivity contribution in [3.8, 4) is 5.75 Å². The van der Waals surface area contributed by atoms with Crippen molar-refractivity contribution in [3.63, 3.8) is 0 Å². The predicted octanol–water partition coefficient (Wildman–Crippen LogP) is 2.77. The number of hydrogen-bond acceptors (Lipinski definition) is 3. The van der Waals surface area contributed by atoms with E-state index in [0.717, 1.165) is 15.4 Å².